The Hall–Kier alpha value is -2.15. The lowest BCUT2D eigenvalue weighted by molar-refractivity contribution is 0.0174. The van der Waals surface area contributed by atoms with Crippen LogP contribution in [-0.4, -0.2) is 26.4 Å². The zero-order valence-corrected chi connectivity index (χ0v) is 16.1. The van der Waals surface area contributed by atoms with E-state index in [1.165, 1.54) is 12.8 Å². The third-order valence-corrected chi connectivity index (χ3v) is 5.55. The first-order valence-electron chi connectivity index (χ1n) is 9.93. The van der Waals surface area contributed by atoms with Gasteiger partial charge in [-0.3, -0.25) is 0 Å². The molecule has 2 aromatic rings. The van der Waals surface area contributed by atoms with Gasteiger partial charge in [0.1, 0.15) is 11.7 Å². The number of rotatable bonds is 2. The van der Waals surface area contributed by atoms with E-state index in [2.05, 4.69) is 15.2 Å². The van der Waals surface area contributed by atoms with Gasteiger partial charge in [-0.15, -0.1) is 10.2 Å². The summed E-state index contributed by atoms with van der Waals surface area (Å²) < 4.78 is 12.1. The minimum atomic E-state index is -1.15. The lowest BCUT2D eigenvalue weighted by Gasteiger charge is -2.22. The highest BCUT2D eigenvalue weighted by Gasteiger charge is 2.31. The van der Waals surface area contributed by atoms with Crippen molar-refractivity contribution in [3.63, 3.8) is 0 Å². The SMILES string of the molecule is Cc1cc(N)c2nc1OC(CC1CC1)CCCCC[C@@](C)(O)c1nnc-2o1. The molecule has 1 unspecified atom stereocenters. The van der Waals surface area contributed by atoms with Gasteiger partial charge in [0, 0.05) is 5.56 Å². The Kier molecular flexibility index (Phi) is 4.80. The second-order valence-corrected chi connectivity index (χ2v) is 8.25. The van der Waals surface area contributed by atoms with Crippen LogP contribution >= 0.6 is 0 Å². The molecule has 0 spiro atoms. The molecule has 0 amide bonds. The lowest BCUT2D eigenvalue weighted by Crippen LogP contribution is -2.22. The molecule has 1 saturated carbocycles. The number of ether oxygens (including phenoxy) is 1. The Bertz CT molecular complexity index is 814. The maximum Gasteiger partial charge on any atom is 0.268 e. The van der Waals surface area contributed by atoms with Crippen LogP contribution < -0.4 is 10.5 Å². The van der Waals surface area contributed by atoms with Crippen LogP contribution in [0, 0.1) is 12.8 Å². The minimum absolute atomic E-state index is 0.155. The first-order chi connectivity index (χ1) is 12.9. The Morgan fingerprint density at radius 3 is 2.81 bits per heavy atom. The maximum atomic E-state index is 10.7. The molecule has 3 heterocycles. The van der Waals surface area contributed by atoms with Crippen molar-refractivity contribution in [3.05, 3.63) is 17.5 Å². The molecule has 27 heavy (non-hydrogen) atoms. The molecule has 0 radical (unpaired) electrons. The number of hydrogen-bond acceptors (Lipinski definition) is 7. The van der Waals surface area contributed by atoms with Crippen LogP contribution in [-0.2, 0) is 5.60 Å². The molecule has 4 bridgehead atoms. The number of nitrogens with zero attached hydrogens (tertiary/aromatic N) is 3. The van der Waals surface area contributed by atoms with Gasteiger partial charge < -0.3 is 20.0 Å². The van der Waals surface area contributed by atoms with Crippen molar-refractivity contribution in [2.24, 2.45) is 5.92 Å². The number of anilines is 1. The van der Waals surface area contributed by atoms with Crippen molar-refractivity contribution < 1.29 is 14.3 Å². The Morgan fingerprint density at radius 1 is 1.22 bits per heavy atom. The number of aryl methyl sites for hydroxylation is 1. The number of hydrogen-bond donors (Lipinski definition) is 2. The molecular formula is C20H28N4O3. The van der Waals surface area contributed by atoms with E-state index < -0.39 is 5.60 Å². The van der Waals surface area contributed by atoms with Gasteiger partial charge in [0.05, 0.1) is 5.69 Å². The van der Waals surface area contributed by atoms with Gasteiger partial charge in [0.2, 0.25) is 11.8 Å². The zero-order valence-electron chi connectivity index (χ0n) is 16.1. The van der Waals surface area contributed by atoms with Gasteiger partial charge in [0.15, 0.2) is 5.69 Å². The molecule has 4 rings (SSSR count). The van der Waals surface area contributed by atoms with Gasteiger partial charge in [-0.05, 0) is 51.5 Å². The van der Waals surface area contributed by atoms with E-state index >= 15 is 0 Å². The molecule has 1 aliphatic heterocycles. The van der Waals surface area contributed by atoms with Crippen molar-refractivity contribution >= 4 is 5.69 Å². The first kappa shape index (κ1) is 18.2. The highest BCUT2D eigenvalue weighted by molar-refractivity contribution is 5.67. The topological polar surface area (TPSA) is 107 Å². The third kappa shape index (κ3) is 4.08. The molecule has 146 valence electrons. The van der Waals surface area contributed by atoms with Crippen molar-refractivity contribution in [1.29, 1.82) is 0 Å². The highest BCUT2D eigenvalue weighted by atomic mass is 16.5. The van der Waals surface area contributed by atoms with Crippen LogP contribution in [0.3, 0.4) is 0 Å². The molecular weight excluding hydrogens is 344 g/mol. The predicted molar refractivity (Wildman–Crippen MR) is 101 cm³/mol. The molecule has 2 atom stereocenters. The van der Waals surface area contributed by atoms with E-state index in [4.69, 9.17) is 14.9 Å². The fourth-order valence-corrected chi connectivity index (χ4v) is 3.68. The molecule has 3 N–H and O–H groups in total. The monoisotopic (exact) mass is 372 g/mol. The molecule has 1 aliphatic carbocycles. The summed E-state index contributed by atoms with van der Waals surface area (Å²) in [6.45, 7) is 3.66. The van der Waals surface area contributed by atoms with Crippen LogP contribution in [0.15, 0.2) is 10.5 Å². The van der Waals surface area contributed by atoms with E-state index in [9.17, 15) is 5.11 Å². The number of pyridine rings is 1. The number of aromatic nitrogens is 3. The largest absolute Gasteiger partial charge is 0.474 e. The lowest BCUT2D eigenvalue weighted by atomic mass is 9.97. The van der Waals surface area contributed by atoms with E-state index in [1.807, 2.05) is 13.0 Å². The fourth-order valence-electron chi connectivity index (χ4n) is 3.68. The zero-order chi connectivity index (χ0) is 19.0. The highest BCUT2D eigenvalue weighted by Crippen LogP contribution is 2.37. The van der Waals surface area contributed by atoms with Crippen LogP contribution in [0.2, 0.25) is 0 Å². The average Bonchev–Trinajstić information content (AvgIpc) is 3.28. The summed E-state index contributed by atoms with van der Waals surface area (Å²) in [6.07, 6.45) is 8.38. The van der Waals surface area contributed by atoms with Gasteiger partial charge >= 0.3 is 0 Å². The fraction of sp³-hybridized carbons (Fsp3) is 0.650. The van der Waals surface area contributed by atoms with Gasteiger partial charge in [0.25, 0.3) is 5.89 Å². The average molecular weight is 372 g/mol. The summed E-state index contributed by atoms with van der Waals surface area (Å²) >= 11 is 0. The summed E-state index contributed by atoms with van der Waals surface area (Å²) in [4.78, 5) is 4.61. The summed E-state index contributed by atoms with van der Waals surface area (Å²) in [5.74, 6) is 1.77. The molecule has 7 heteroatoms. The summed E-state index contributed by atoms with van der Waals surface area (Å²) in [5, 5.41) is 18.8. The van der Waals surface area contributed by atoms with E-state index in [1.54, 1.807) is 6.92 Å². The maximum absolute atomic E-state index is 10.7. The van der Waals surface area contributed by atoms with Gasteiger partial charge in [-0.25, -0.2) is 4.98 Å². The molecule has 0 aromatic carbocycles. The molecule has 7 nitrogen and oxygen atoms in total. The molecule has 0 saturated heterocycles. The van der Waals surface area contributed by atoms with Gasteiger partial charge in [-0.1, -0.05) is 25.7 Å². The predicted octanol–water partition coefficient (Wildman–Crippen LogP) is 3.74. The van der Waals surface area contributed by atoms with Crippen LogP contribution in [0.1, 0.15) is 69.7 Å². The molecule has 1 fully saturated rings. The third-order valence-electron chi connectivity index (χ3n) is 5.55. The summed E-state index contributed by atoms with van der Waals surface area (Å²) in [6, 6.07) is 1.83. The quantitative estimate of drug-likeness (QED) is 0.826. The van der Waals surface area contributed by atoms with Crippen LogP contribution in [0.4, 0.5) is 5.69 Å². The number of nitrogens with two attached hydrogens (primary N) is 1. The van der Waals surface area contributed by atoms with Crippen LogP contribution in [0.25, 0.3) is 11.6 Å². The Labute approximate surface area is 159 Å². The van der Waals surface area contributed by atoms with Crippen molar-refractivity contribution in [1.82, 2.24) is 15.2 Å². The van der Waals surface area contributed by atoms with Gasteiger partial charge in [-0.2, -0.15) is 0 Å². The number of aliphatic hydroxyl groups is 1. The smallest absolute Gasteiger partial charge is 0.268 e. The van der Waals surface area contributed by atoms with Crippen molar-refractivity contribution in [2.45, 2.75) is 76.9 Å². The molecule has 2 aromatic heterocycles. The van der Waals surface area contributed by atoms with Crippen LogP contribution in [0.5, 0.6) is 5.88 Å². The number of nitrogen functional groups attached to an aromatic ring is 1. The normalized spacial score (nSPS) is 26.3. The summed E-state index contributed by atoms with van der Waals surface area (Å²) in [5.41, 5.74) is 6.77. The Morgan fingerprint density at radius 2 is 2.04 bits per heavy atom. The first-order valence-corrected chi connectivity index (χ1v) is 9.93. The second kappa shape index (κ2) is 7.11. The second-order valence-electron chi connectivity index (χ2n) is 8.25. The van der Waals surface area contributed by atoms with E-state index in [0.717, 1.165) is 43.6 Å². The van der Waals surface area contributed by atoms with Crippen molar-refractivity contribution in [2.75, 3.05) is 5.73 Å². The van der Waals surface area contributed by atoms with Crippen molar-refractivity contribution in [3.8, 4) is 17.5 Å². The standard InChI is InChI=1S/C20H28N4O3/c1-12-10-15(21)16-18-23-24-19(27-18)20(2,25)9-5-3-4-6-14(11-13-7-8-13)26-17(12)22-16/h10,13-14,25H,3-9,11,21H2,1-2H3/t14?,20-/m1/s1. The number of fused-ring (bicyclic) bond motifs is 5. The summed E-state index contributed by atoms with van der Waals surface area (Å²) in [7, 11) is 0. The van der Waals surface area contributed by atoms with E-state index in [-0.39, 0.29) is 17.9 Å². The minimum Gasteiger partial charge on any atom is -0.474 e. The van der Waals surface area contributed by atoms with E-state index in [0.29, 0.717) is 23.7 Å². The molecule has 2 aliphatic rings. The Balaban J connectivity index is 1.71.